The van der Waals surface area contributed by atoms with Crippen molar-refractivity contribution in [1.29, 1.82) is 0 Å². The van der Waals surface area contributed by atoms with E-state index in [0.29, 0.717) is 0 Å². The normalized spacial score (nSPS) is 13.5. The van der Waals surface area contributed by atoms with Crippen molar-refractivity contribution in [3.63, 3.8) is 0 Å². The van der Waals surface area contributed by atoms with Gasteiger partial charge < -0.3 is 34.5 Å². The predicted molar refractivity (Wildman–Crippen MR) is 432 cm³/mol. The molecule has 0 heterocycles. The number of aryl methyl sites for hydroxylation is 12. The molecule has 0 fully saturated rings. The zero-order valence-electron chi connectivity index (χ0n) is 60.2. The molecule has 8 aromatic carbocycles. The van der Waals surface area contributed by atoms with E-state index in [0.717, 1.165) is 11.4 Å². The van der Waals surface area contributed by atoms with Crippen LogP contribution in [0.4, 0.5) is 57.3 Å². The molecule has 2 aliphatic rings. The molecular formula is C80H96B2Cl4F8Ir2N4P2. The Morgan fingerprint density at radius 1 is 0.314 bits per heavy atom. The Morgan fingerprint density at radius 2 is 0.471 bits per heavy atom. The molecule has 2 aliphatic carbocycles. The average Bonchev–Trinajstić information content (AvgIpc) is 0.786. The smallest absolute Gasteiger partial charge is 0.418 e. The summed E-state index contributed by atoms with van der Waals surface area (Å²) in [6.45, 7) is 26.1. The minimum absolute atomic E-state index is 0. The van der Waals surface area contributed by atoms with E-state index in [1.807, 2.05) is 0 Å². The van der Waals surface area contributed by atoms with Crippen LogP contribution in [0, 0.1) is 83.1 Å². The molecule has 102 heavy (non-hydrogen) atoms. The second kappa shape index (κ2) is 51.7. The van der Waals surface area contributed by atoms with Crippen molar-refractivity contribution in [1.82, 2.24) is 0 Å². The Balaban J connectivity index is 0.000000704. The van der Waals surface area contributed by atoms with Gasteiger partial charge in [-0.05, 0) is 227 Å². The van der Waals surface area contributed by atoms with Gasteiger partial charge in [-0.15, -0.1) is 46.4 Å². The standard InChI is InChI=1S/2C31H33N2P.2C8H12.2CH2Cl2.2BF4.2Ir/c2*1-22-17-24(3)30(25(4)18-22)32-21-33(31-26(5)19-23(2)20-27(31)6)34(28-13-9-7-10-14-28)29-15-11-8-12-16-29;2*1-2-4-6-8-7-5-3-1;2*2-1-3;2*2-1(3,4)5;;/h2*7-21H,1-6H3;2*1-2,7-8H,3-6H2;2*1H2;;;;/q;;;;;;2*-1;;/p+2/b;;2*2-1-,8-7-;;;;;;. The number of alkyl halides is 4. The van der Waals surface area contributed by atoms with E-state index >= 15 is 0 Å². The number of rotatable bonds is 12. The van der Waals surface area contributed by atoms with Crippen molar-refractivity contribution < 1.29 is 74.7 Å². The van der Waals surface area contributed by atoms with Gasteiger partial charge in [-0.2, -0.15) is 9.34 Å². The quantitative estimate of drug-likeness (QED) is 0.0232. The van der Waals surface area contributed by atoms with Gasteiger partial charge in [0.1, 0.15) is 33.9 Å². The van der Waals surface area contributed by atoms with Crippen molar-refractivity contribution in [3.05, 3.63) is 285 Å². The third kappa shape index (κ3) is 37.5. The summed E-state index contributed by atoms with van der Waals surface area (Å²) in [5, 5.41) is 5.73. The number of aliphatic imine (C=N–C) groups is 2. The number of hydrogen-bond acceptors (Lipinski definition) is 2. The fourth-order valence-corrected chi connectivity index (χ4v) is 16.8. The van der Waals surface area contributed by atoms with Crippen molar-refractivity contribution in [2.24, 2.45) is 9.98 Å². The van der Waals surface area contributed by atoms with E-state index in [-0.39, 0.29) is 50.9 Å². The van der Waals surface area contributed by atoms with E-state index in [4.69, 9.17) is 56.4 Å². The van der Waals surface area contributed by atoms with Gasteiger partial charge in [0.05, 0.1) is 33.4 Å². The number of anilines is 2. The van der Waals surface area contributed by atoms with Crippen LogP contribution in [0.25, 0.3) is 0 Å². The predicted octanol–water partition coefficient (Wildman–Crippen LogP) is 25.8. The largest absolute Gasteiger partial charge is 0.673 e. The minimum atomic E-state index is -6.00. The zero-order chi connectivity index (χ0) is 74.2. The molecule has 2 radical (unpaired) electrons. The molecule has 0 saturated carbocycles. The molecule has 0 aliphatic heterocycles. The topological polar surface area (TPSA) is 31.2 Å². The van der Waals surface area contributed by atoms with Crippen LogP contribution in [0.15, 0.2) is 228 Å². The molecule has 10 rings (SSSR count). The molecule has 0 atom stereocenters. The number of halogens is 12. The van der Waals surface area contributed by atoms with Crippen LogP contribution >= 0.6 is 62.5 Å². The van der Waals surface area contributed by atoms with Gasteiger partial charge in [0, 0.05) is 40.2 Å². The Kier molecular flexibility index (Phi) is 47.9. The van der Waals surface area contributed by atoms with Gasteiger partial charge in [-0.25, -0.2) is 9.98 Å². The van der Waals surface area contributed by atoms with Crippen molar-refractivity contribution in [2.45, 2.75) is 134 Å². The zero-order valence-corrected chi connectivity index (χ0v) is 70.0. The monoisotopic (exact) mass is 1870 g/mol. The first-order chi connectivity index (χ1) is 47.5. The molecule has 0 aromatic heterocycles. The summed E-state index contributed by atoms with van der Waals surface area (Å²) in [5.74, 6) is 0. The van der Waals surface area contributed by atoms with Gasteiger partial charge in [-0.1, -0.05) is 192 Å². The first kappa shape index (κ1) is 94.6. The van der Waals surface area contributed by atoms with Crippen LogP contribution in [-0.4, -0.2) is 37.9 Å². The van der Waals surface area contributed by atoms with E-state index < -0.39 is 30.7 Å². The van der Waals surface area contributed by atoms with Gasteiger partial charge in [0.25, 0.3) is 0 Å². The summed E-state index contributed by atoms with van der Waals surface area (Å²) >= 11 is 19.1. The van der Waals surface area contributed by atoms with Crippen LogP contribution in [0.2, 0.25) is 0 Å². The Hall–Kier alpha value is -5.45. The molecule has 8 aromatic rings. The second-order valence-corrected chi connectivity index (χ2v) is 30.1. The number of hydrogen-bond donors (Lipinski definition) is 0. The summed E-state index contributed by atoms with van der Waals surface area (Å²) in [6.07, 6.45) is 32.2. The number of allylic oxidation sites excluding steroid dienone is 8. The fourth-order valence-electron chi connectivity index (χ4n) is 11.5. The molecule has 0 N–H and O–H groups in total. The summed E-state index contributed by atoms with van der Waals surface area (Å²) in [7, 11) is -14.7. The summed E-state index contributed by atoms with van der Waals surface area (Å²) < 4.78 is 82.9. The van der Waals surface area contributed by atoms with Crippen LogP contribution in [0.3, 0.4) is 0 Å². The average molecular weight is 1880 g/mol. The fraction of sp³-hybridized carbons (Fsp3) is 0.275. The van der Waals surface area contributed by atoms with Gasteiger partial charge in [0.2, 0.25) is 0 Å². The van der Waals surface area contributed by atoms with E-state index in [1.165, 1.54) is 151 Å². The molecule has 554 valence electrons. The molecule has 0 spiro atoms. The van der Waals surface area contributed by atoms with Crippen LogP contribution in [0.5, 0.6) is 0 Å². The molecule has 0 unspecified atom stereocenters. The van der Waals surface area contributed by atoms with Crippen molar-refractivity contribution in [3.8, 4) is 0 Å². The molecular weight excluding hydrogens is 1780 g/mol. The molecule has 0 bridgehead atoms. The van der Waals surface area contributed by atoms with Gasteiger partial charge in [0.15, 0.2) is 16.1 Å². The van der Waals surface area contributed by atoms with Crippen LogP contribution in [0.1, 0.15) is 118 Å². The number of nitrogens with zero attached hydrogens (tertiary/aromatic N) is 4. The third-order valence-corrected chi connectivity index (χ3v) is 20.1. The molecule has 22 heteroatoms. The van der Waals surface area contributed by atoms with Crippen LogP contribution in [-0.2, 0) is 40.2 Å². The van der Waals surface area contributed by atoms with Crippen LogP contribution < -0.4 is 30.6 Å². The SMILES string of the molecule is C1=C\CC/C=C\CC/1.C1=C\CC/C=C\CC/1.Cc1cc(C)c(N=CN(c2c(C)cc(C)cc2C)[PH+](c2ccccc2)c2ccccc2)c(C)c1.Cc1cc(C)c(N=CN(c2c(C)cc(C)cc2C)[PH+](c2ccccc2)c2ccccc2)c(C)c1.ClCCl.ClCCl.F[B-](F)(F)F.F[B-](F)(F)F.[Ir].[Ir]. The Bertz CT molecular complexity index is 3390. The maximum Gasteiger partial charge on any atom is 0.673 e. The maximum atomic E-state index is 9.75. The first-order valence-electron chi connectivity index (χ1n) is 33.1. The summed E-state index contributed by atoms with van der Waals surface area (Å²) in [6, 6.07) is 61.5. The molecule has 0 amide bonds. The van der Waals surface area contributed by atoms with E-state index in [9.17, 15) is 34.5 Å². The van der Waals surface area contributed by atoms with Gasteiger partial charge >= 0.3 is 14.5 Å². The first-order valence-corrected chi connectivity index (χ1v) is 38.1. The third-order valence-electron chi connectivity index (χ3n) is 15.0. The summed E-state index contributed by atoms with van der Waals surface area (Å²) in [5.41, 5.74) is 19.7. The van der Waals surface area contributed by atoms with E-state index in [2.05, 4.69) is 324 Å². The second-order valence-electron chi connectivity index (χ2n) is 23.8. The molecule has 0 saturated heterocycles. The Morgan fingerprint density at radius 3 is 0.637 bits per heavy atom. The Labute approximate surface area is 652 Å². The van der Waals surface area contributed by atoms with Crippen molar-refractivity contribution >= 4 is 134 Å². The van der Waals surface area contributed by atoms with Gasteiger partial charge in [-0.3, -0.25) is 0 Å². The van der Waals surface area contributed by atoms with E-state index in [1.54, 1.807) is 0 Å². The number of benzene rings is 8. The minimum Gasteiger partial charge on any atom is -0.418 e. The molecule has 4 nitrogen and oxygen atoms in total. The maximum absolute atomic E-state index is 9.75. The van der Waals surface area contributed by atoms with Crippen molar-refractivity contribution in [2.75, 3.05) is 20.0 Å². The summed E-state index contributed by atoms with van der Waals surface area (Å²) in [4.78, 5) is 10.3.